The second kappa shape index (κ2) is 9.37. The number of oxazole rings is 1. The molecule has 7 nitrogen and oxygen atoms in total. The third-order valence-corrected chi connectivity index (χ3v) is 6.05. The van der Waals surface area contributed by atoms with Crippen molar-refractivity contribution in [2.45, 2.75) is 0 Å². The second-order valence-electron chi connectivity index (χ2n) is 7.52. The van der Waals surface area contributed by atoms with Gasteiger partial charge in [-0.2, -0.15) is 0 Å². The highest BCUT2D eigenvalue weighted by Crippen LogP contribution is 2.34. The Labute approximate surface area is 210 Å². The van der Waals surface area contributed by atoms with Crippen LogP contribution in [0.25, 0.3) is 33.9 Å². The lowest BCUT2D eigenvalue weighted by Crippen LogP contribution is -2.10. The standard InChI is InChI=1S/C26H18Cl2N2O5/c1-32-22-7-4-15(12-24(22)33-2)26-30-19-13-16(5-8-21(19)35-26)29-25(31)23-10-9-20(34-23)14-3-6-17(27)18(28)11-14/h3-13H,1-2H3,(H,29,31). The second-order valence-corrected chi connectivity index (χ2v) is 8.33. The number of fused-ring (bicyclic) bond motifs is 1. The van der Waals surface area contributed by atoms with Crippen molar-refractivity contribution in [3.63, 3.8) is 0 Å². The monoisotopic (exact) mass is 508 g/mol. The molecule has 0 atom stereocenters. The first-order chi connectivity index (χ1) is 16.9. The van der Waals surface area contributed by atoms with Gasteiger partial charge in [-0.05, 0) is 66.7 Å². The van der Waals surface area contributed by atoms with Gasteiger partial charge in [-0.1, -0.05) is 23.2 Å². The van der Waals surface area contributed by atoms with Gasteiger partial charge in [0.05, 0.1) is 24.3 Å². The van der Waals surface area contributed by atoms with Gasteiger partial charge in [0, 0.05) is 16.8 Å². The Morgan fingerprint density at radius 2 is 1.63 bits per heavy atom. The number of furan rings is 1. The maximum atomic E-state index is 12.8. The number of ether oxygens (including phenoxy) is 2. The van der Waals surface area contributed by atoms with Gasteiger partial charge in [0.15, 0.2) is 22.8 Å². The van der Waals surface area contributed by atoms with Gasteiger partial charge in [-0.3, -0.25) is 4.79 Å². The van der Waals surface area contributed by atoms with E-state index in [0.717, 1.165) is 5.56 Å². The van der Waals surface area contributed by atoms with Gasteiger partial charge in [-0.15, -0.1) is 0 Å². The van der Waals surface area contributed by atoms with E-state index in [1.165, 1.54) is 0 Å². The van der Waals surface area contributed by atoms with Crippen LogP contribution in [0.3, 0.4) is 0 Å². The van der Waals surface area contributed by atoms with E-state index in [1.807, 2.05) is 6.07 Å². The molecule has 0 fully saturated rings. The molecule has 176 valence electrons. The molecule has 9 heteroatoms. The number of halogens is 2. The summed E-state index contributed by atoms with van der Waals surface area (Å²) in [5.74, 6) is 1.84. The van der Waals surface area contributed by atoms with Crippen molar-refractivity contribution in [3.8, 4) is 34.3 Å². The molecule has 5 aromatic rings. The summed E-state index contributed by atoms with van der Waals surface area (Å²) in [4.78, 5) is 17.3. The summed E-state index contributed by atoms with van der Waals surface area (Å²) in [6.45, 7) is 0. The molecule has 1 amide bonds. The van der Waals surface area contributed by atoms with Crippen LogP contribution in [-0.4, -0.2) is 25.1 Å². The first kappa shape index (κ1) is 22.8. The molecule has 5 rings (SSSR count). The molecule has 0 saturated carbocycles. The molecule has 0 saturated heterocycles. The molecule has 0 radical (unpaired) electrons. The predicted molar refractivity (Wildman–Crippen MR) is 135 cm³/mol. The Bertz CT molecular complexity index is 1560. The van der Waals surface area contributed by atoms with Gasteiger partial charge in [-0.25, -0.2) is 4.98 Å². The average molecular weight is 509 g/mol. The predicted octanol–water partition coefficient (Wildman–Crippen LogP) is 7.33. The Morgan fingerprint density at radius 1 is 0.829 bits per heavy atom. The highest BCUT2D eigenvalue weighted by molar-refractivity contribution is 6.42. The zero-order chi connectivity index (χ0) is 24.5. The average Bonchev–Trinajstić information content (AvgIpc) is 3.53. The maximum Gasteiger partial charge on any atom is 0.291 e. The number of hydrogen-bond donors (Lipinski definition) is 1. The minimum Gasteiger partial charge on any atom is -0.493 e. The smallest absolute Gasteiger partial charge is 0.291 e. The number of rotatable bonds is 6. The summed E-state index contributed by atoms with van der Waals surface area (Å²) in [7, 11) is 3.14. The third-order valence-electron chi connectivity index (χ3n) is 5.31. The van der Waals surface area contributed by atoms with E-state index >= 15 is 0 Å². The maximum absolute atomic E-state index is 12.8. The fourth-order valence-electron chi connectivity index (χ4n) is 3.56. The molecule has 0 bridgehead atoms. The minimum atomic E-state index is -0.403. The van der Waals surface area contributed by atoms with Crippen molar-refractivity contribution in [1.29, 1.82) is 0 Å². The van der Waals surface area contributed by atoms with Crippen molar-refractivity contribution in [2.75, 3.05) is 19.5 Å². The van der Waals surface area contributed by atoms with E-state index < -0.39 is 5.91 Å². The van der Waals surface area contributed by atoms with Crippen LogP contribution in [0.5, 0.6) is 11.5 Å². The van der Waals surface area contributed by atoms with Gasteiger partial charge >= 0.3 is 0 Å². The largest absolute Gasteiger partial charge is 0.493 e. The number of nitrogens with one attached hydrogen (secondary N) is 1. The molecule has 35 heavy (non-hydrogen) atoms. The van der Waals surface area contributed by atoms with E-state index in [1.54, 1.807) is 74.9 Å². The molecular weight excluding hydrogens is 491 g/mol. The van der Waals surface area contributed by atoms with E-state index in [2.05, 4.69) is 10.3 Å². The Morgan fingerprint density at radius 3 is 2.40 bits per heavy atom. The molecule has 1 N–H and O–H groups in total. The van der Waals surface area contributed by atoms with Gasteiger partial charge in [0.2, 0.25) is 5.89 Å². The lowest BCUT2D eigenvalue weighted by atomic mass is 10.2. The third kappa shape index (κ3) is 4.56. The Balaban J connectivity index is 1.36. The number of benzene rings is 3. The van der Waals surface area contributed by atoms with Crippen molar-refractivity contribution >= 4 is 45.9 Å². The van der Waals surface area contributed by atoms with Crippen molar-refractivity contribution in [2.24, 2.45) is 0 Å². The number of carbonyl (C=O) groups is 1. The summed E-state index contributed by atoms with van der Waals surface area (Å²) in [6.07, 6.45) is 0. The normalized spacial score (nSPS) is 11.0. The summed E-state index contributed by atoms with van der Waals surface area (Å²) in [5, 5.41) is 3.66. The Hall–Kier alpha value is -3.94. The van der Waals surface area contributed by atoms with Gasteiger partial charge in [0.1, 0.15) is 11.3 Å². The zero-order valence-corrected chi connectivity index (χ0v) is 20.1. The number of methoxy groups -OCH3 is 2. The molecule has 0 unspecified atom stereocenters. The van der Waals surface area contributed by atoms with E-state index in [-0.39, 0.29) is 5.76 Å². The number of amides is 1. The molecule has 0 aliphatic carbocycles. The summed E-state index contributed by atoms with van der Waals surface area (Å²) in [5.41, 5.74) is 3.15. The number of aromatic nitrogens is 1. The van der Waals surface area contributed by atoms with Crippen LogP contribution in [0, 0.1) is 0 Å². The number of anilines is 1. The lowest BCUT2D eigenvalue weighted by molar-refractivity contribution is 0.0997. The van der Waals surface area contributed by atoms with Crippen LogP contribution in [0.4, 0.5) is 5.69 Å². The highest BCUT2D eigenvalue weighted by Gasteiger charge is 2.16. The van der Waals surface area contributed by atoms with Crippen LogP contribution in [0.15, 0.2) is 75.6 Å². The SMILES string of the molecule is COc1ccc(-c2nc3cc(NC(=O)c4ccc(-c5ccc(Cl)c(Cl)c5)o4)ccc3o2)cc1OC. The number of nitrogens with zero attached hydrogens (tertiary/aromatic N) is 1. The molecule has 2 heterocycles. The fraction of sp³-hybridized carbons (Fsp3) is 0.0769. The molecule has 0 aliphatic heterocycles. The number of hydrogen-bond acceptors (Lipinski definition) is 6. The molecule has 0 spiro atoms. The van der Waals surface area contributed by atoms with Gasteiger partial charge < -0.3 is 23.6 Å². The molecular formula is C26H18Cl2N2O5. The van der Waals surface area contributed by atoms with E-state index in [9.17, 15) is 4.79 Å². The van der Waals surface area contributed by atoms with Crippen LogP contribution >= 0.6 is 23.2 Å². The van der Waals surface area contributed by atoms with Crippen molar-refractivity contribution < 1.29 is 23.1 Å². The van der Waals surface area contributed by atoms with Crippen molar-refractivity contribution in [3.05, 3.63) is 82.5 Å². The minimum absolute atomic E-state index is 0.150. The van der Waals surface area contributed by atoms with Crippen LogP contribution in [0.1, 0.15) is 10.6 Å². The molecule has 2 aromatic heterocycles. The van der Waals surface area contributed by atoms with Crippen molar-refractivity contribution in [1.82, 2.24) is 4.98 Å². The molecule has 0 aliphatic rings. The first-order valence-corrected chi connectivity index (χ1v) is 11.2. The summed E-state index contributed by atoms with van der Waals surface area (Å²) in [6, 6.07) is 19.0. The summed E-state index contributed by atoms with van der Waals surface area (Å²) < 4.78 is 22.2. The van der Waals surface area contributed by atoms with Crippen LogP contribution in [-0.2, 0) is 0 Å². The first-order valence-electron chi connectivity index (χ1n) is 10.4. The van der Waals surface area contributed by atoms with E-state index in [4.69, 9.17) is 41.5 Å². The van der Waals surface area contributed by atoms with Crippen LogP contribution in [0.2, 0.25) is 10.0 Å². The summed E-state index contributed by atoms with van der Waals surface area (Å²) >= 11 is 12.0. The fourth-order valence-corrected chi connectivity index (χ4v) is 3.85. The lowest BCUT2D eigenvalue weighted by Gasteiger charge is -2.07. The molecule has 3 aromatic carbocycles. The Kier molecular flexibility index (Phi) is 6.11. The quantitative estimate of drug-likeness (QED) is 0.258. The van der Waals surface area contributed by atoms with Crippen LogP contribution < -0.4 is 14.8 Å². The topological polar surface area (TPSA) is 86.7 Å². The van der Waals surface area contributed by atoms with E-state index in [0.29, 0.717) is 55.5 Å². The zero-order valence-electron chi connectivity index (χ0n) is 18.6. The van der Waals surface area contributed by atoms with Gasteiger partial charge in [0.25, 0.3) is 5.91 Å². The highest BCUT2D eigenvalue weighted by atomic mass is 35.5. The number of carbonyl (C=O) groups excluding carboxylic acids is 1.